The van der Waals surface area contributed by atoms with E-state index in [0.29, 0.717) is 23.7 Å². The van der Waals surface area contributed by atoms with Crippen LogP contribution in [0.15, 0.2) is 48.8 Å². The minimum Gasteiger partial charge on any atom is -0.331 e. The number of carbonyl (C=O) groups excluding carboxylic acids is 2. The Morgan fingerprint density at radius 3 is 2.20 bits per heavy atom. The van der Waals surface area contributed by atoms with Crippen molar-refractivity contribution in [1.82, 2.24) is 10.3 Å². The van der Waals surface area contributed by atoms with Crippen LogP contribution < -0.4 is 16.0 Å². The van der Waals surface area contributed by atoms with E-state index in [4.69, 9.17) is 0 Å². The topological polar surface area (TPSA) is 83.1 Å². The van der Waals surface area contributed by atoms with Crippen molar-refractivity contribution < 1.29 is 9.59 Å². The third kappa shape index (κ3) is 6.25. The van der Waals surface area contributed by atoms with Crippen LogP contribution in [0, 0.1) is 5.92 Å². The molecule has 132 valence electrons. The van der Waals surface area contributed by atoms with Crippen molar-refractivity contribution in [2.75, 3.05) is 10.6 Å². The fourth-order valence-corrected chi connectivity index (χ4v) is 2.30. The lowest BCUT2D eigenvalue weighted by atomic mass is 10.1. The van der Waals surface area contributed by atoms with E-state index in [9.17, 15) is 9.59 Å². The Kier molecular flexibility index (Phi) is 6.51. The second-order valence-corrected chi connectivity index (χ2v) is 6.33. The molecule has 0 aliphatic carbocycles. The smallest absolute Gasteiger partial charge is 0.319 e. The van der Waals surface area contributed by atoms with E-state index in [1.165, 1.54) is 0 Å². The van der Waals surface area contributed by atoms with Gasteiger partial charge in [-0.2, -0.15) is 0 Å². The molecule has 1 aromatic heterocycles. The van der Waals surface area contributed by atoms with Gasteiger partial charge in [0.25, 0.3) is 0 Å². The van der Waals surface area contributed by atoms with E-state index in [1.54, 1.807) is 36.7 Å². The molecular weight excluding hydrogens is 316 g/mol. The maximum atomic E-state index is 12.1. The number of carbonyl (C=O) groups is 2. The number of amides is 3. The SMILES string of the molecule is CC(C)CC(=O)Nc1ccc(NC(=O)NC(C)c2cccnc2)cc1. The molecule has 6 heteroatoms. The predicted molar refractivity (Wildman–Crippen MR) is 99.3 cm³/mol. The van der Waals surface area contributed by atoms with Crippen LogP contribution in [0.1, 0.15) is 38.8 Å². The molecule has 0 saturated heterocycles. The number of pyridine rings is 1. The standard InChI is InChI=1S/C19H24N4O2/c1-13(2)11-18(24)22-16-6-8-17(9-7-16)23-19(25)21-14(3)15-5-4-10-20-12-15/h4-10,12-14H,11H2,1-3H3,(H,22,24)(H2,21,23,25). The maximum absolute atomic E-state index is 12.1. The van der Waals surface area contributed by atoms with Gasteiger partial charge in [-0.05, 0) is 48.7 Å². The molecule has 0 bridgehead atoms. The number of rotatable bonds is 6. The molecule has 0 radical (unpaired) electrons. The Bertz CT molecular complexity index is 699. The second-order valence-electron chi connectivity index (χ2n) is 6.33. The molecule has 1 atom stereocenters. The van der Waals surface area contributed by atoms with E-state index < -0.39 is 0 Å². The molecule has 0 spiro atoms. The summed E-state index contributed by atoms with van der Waals surface area (Å²) in [6.07, 6.45) is 3.89. The summed E-state index contributed by atoms with van der Waals surface area (Å²) in [5.74, 6) is 0.296. The molecule has 3 amide bonds. The summed E-state index contributed by atoms with van der Waals surface area (Å²) < 4.78 is 0. The number of benzene rings is 1. The number of hydrogen-bond donors (Lipinski definition) is 3. The Labute approximate surface area is 148 Å². The zero-order valence-corrected chi connectivity index (χ0v) is 14.7. The number of aromatic nitrogens is 1. The molecule has 1 aromatic carbocycles. The average Bonchev–Trinajstić information content (AvgIpc) is 2.56. The molecule has 3 N–H and O–H groups in total. The Hall–Kier alpha value is -2.89. The number of anilines is 2. The highest BCUT2D eigenvalue weighted by atomic mass is 16.2. The van der Waals surface area contributed by atoms with Crippen molar-refractivity contribution in [1.29, 1.82) is 0 Å². The lowest BCUT2D eigenvalue weighted by Gasteiger charge is -2.15. The van der Waals surface area contributed by atoms with E-state index in [2.05, 4.69) is 20.9 Å². The van der Waals surface area contributed by atoms with Crippen molar-refractivity contribution in [2.45, 2.75) is 33.2 Å². The van der Waals surface area contributed by atoms with Crippen LogP contribution in [0.3, 0.4) is 0 Å². The van der Waals surface area contributed by atoms with Gasteiger partial charge >= 0.3 is 6.03 Å². The van der Waals surface area contributed by atoms with Crippen molar-refractivity contribution in [3.05, 3.63) is 54.4 Å². The first kappa shape index (κ1) is 18.4. The summed E-state index contributed by atoms with van der Waals surface area (Å²) in [4.78, 5) is 27.9. The minimum absolute atomic E-state index is 0.0150. The third-order valence-corrected chi connectivity index (χ3v) is 3.55. The van der Waals surface area contributed by atoms with Gasteiger partial charge in [-0.3, -0.25) is 9.78 Å². The maximum Gasteiger partial charge on any atom is 0.319 e. The van der Waals surface area contributed by atoms with Crippen LogP contribution in [0.2, 0.25) is 0 Å². The normalized spacial score (nSPS) is 11.7. The molecule has 0 saturated carbocycles. The summed E-state index contributed by atoms with van der Waals surface area (Å²) in [6, 6.07) is 10.3. The monoisotopic (exact) mass is 340 g/mol. The first-order chi connectivity index (χ1) is 11.9. The molecule has 1 heterocycles. The average molecular weight is 340 g/mol. The second kappa shape index (κ2) is 8.82. The Morgan fingerprint density at radius 2 is 1.64 bits per heavy atom. The van der Waals surface area contributed by atoms with Crippen LogP contribution >= 0.6 is 0 Å². The summed E-state index contributed by atoms with van der Waals surface area (Å²) in [5, 5.41) is 8.46. The molecule has 2 aromatic rings. The molecule has 6 nitrogen and oxygen atoms in total. The predicted octanol–water partition coefficient (Wildman–Crippen LogP) is 3.95. The third-order valence-electron chi connectivity index (χ3n) is 3.55. The first-order valence-electron chi connectivity index (χ1n) is 8.31. The van der Waals surface area contributed by atoms with E-state index >= 15 is 0 Å². The summed E-state index contributed by atoms with van der Waals surface area (Å²) in [7, 11) is 0. The van der Waals surface area contributed by atoms with Gasteiger partial charge < -0.3 is 16.0 Å². The highest BCUT2D eigenvalue weighted by molar-refractivity contribution is 5.92. The Balaban J connectivity index is 1.86. The zero-order chi connectivity index (χ0) is 18.2. The molecule has 0 aliphatic heterocycles. The van der Waals surface area contributed by atoms with Crippen molar-refractivity contribution >= 4 is 23.3 Å². The minimum atomic E-state index is -0.298. The highest BCUT2D eigenvalue weighted by Crippen LogP contribution is 2.15. The number of urea groups is 1. The van der Waals surface area contributed by atoms with Crippen LogP contribution in [0.25, 0.3) is 0 Å². The lowest BCUT2D eigenvalue weighted by Crippen LogP contribution is -2.31. The van der Waals surface area contributed by atoms with E-state index in [1.807, 2.05) is 32.9 Å². The van der Waals surface area contributed by atoms with E-state index in [-0.39, 0.29) is 18.0 Å². The zero-order valence-electron chi connectivity index (χ0n) is 14.7. The van der Waals surface area contributed by atoms with Gasteiger partial charge in [0.1, 0.15) is 0 Å². The molecule has 0 aliphatic rings. The van der Waals surface area contributed by atoms with Gasteiger partial charge in [0.15, 0.2) is 0 Å². The van der Waals surface area contributed by atoms with Gasteiger partial charge in [0.05, 0.1) is 6.04 Å². The quantitative estimate of drug-likeness (QED) is 0.744. The highest BCUT2D eigenvalue weighted by Gasteiger charge is 2.10. The van der Waals surface area contributed by atoms with Crippen molar-refractivity contribution in [3.8, 4) is 0 Å². The molecule has 0 fully saturated rings. The first-order valence-corrected chi connectivity index (χ1v) is 8.31. The summed E-state index contributed by atoms with van der Waals surface area (Å²) >= 11 is 0. The van der Waals surface area contributed by atoms with E-state index in [0.717, 1.165) is 5.56 Å². The van der Waals surface area contributed by atoms with Crippen LogP contribution in [0.5, 0.6) is 0 Å². The summed E-state index contributed by atoms with van der Waals surface area (Å²) in [5.41, 5.74) is 2.29. The van der Waals surface area contributed by atoms with Crippen LogP contribution in [0.4, 0.5) is 16.2 Å². The number of nitrogens with zero attached hydrogens (tertiary/aromatic N) is 1. The van der Waals surface area contributed by atoms with Gasteiger partial charge in [0, 0.05) is 30.2 Å². The molecular formula is C19H24N4O2. The molecule has 1 unspecified atom stereocenters. The fraction of sp³-hybridized carbons (Fsp3) is 0.316. The lowest BCUT2D eigenvalue weighted by molar-refractivity contribution is -0.116. The largest absolute Gasteiger partial charge is 0.331 e. The van der Waals surface area contributed by atoms with Gasteiger partial charge in [0.2, 0.25) is 5.91 Å². The van der Waals surface area contributed by atoms with Gasteiger partial charge in [-0.1, -0.05) is 19.9 Å². The van der Waals surface area contributed by atoms with Gasteiger partial charge in [-0.15, -0.1) is 0 Å². The number of nitrogens with one attached hydrogen (secondary N) is 3. The van der Waals surface area contributed by atoms with Crippen LogP contribution in [-0.4, -0.2) is 16.9 Å². The van der Waals surface area contributed by atoms with Crippen molar-refractivity contribution in [2.24, 2.45) is 5.92 Å². The Morgan fingerprint density at radius 1 is 1.00 bits per heavy atom. The van der Waals surface area contributed by atoms with Crippen LogP contribution in [-0.2, 0) is 4.79 Å². The molecule has 2 rings (SSSR count). The van der Waals surface area contributed by atoms with Gasteiger partial charge in [-0.25, -0.2) is 4.79 Å². The molecule has 25 heavy (non-hydrogen) atoms. The summed E-state index contributed by atoms with van der Waals surface area (Å²) in [6.45, 7) is 5.89. The van der Waals surface area contributed by atoms with Crippen molar-refractivity contribution in [3.63, 3.8) is 0 Å². The fourth-order valence-electron chi connectivity index (χ4n) is 2.30. The number of hydrogen-bond acceptors (Lipinski definition) is 3.